The van der Waals surface area contributed by atoms with Crippen molar-refractivity contribution in [2.75, 3.05) is 21.1 Å². The van der Waals surface area contributed by atoms with Crippen molar-refractivity contribution in [2.45, 2.75) is 32.0 Å². The average Bonchev–Trinajstić information content (AvgIpc) is 2.59. The van der Waals surface area contributed by atoms with E-state index in [4.69, 9.17) is 17.3 Å². The molecule has 6 nitrogen and oxygen atoms in total. The normalized spacial score (nSPS) is 11.5. The maximum absolute atomic E-state index is 14.1. The molecule has 0 heterocycles. The first-order valence-corrected chi connectivity index (χ1v) is 8.12. The van der Waals surface area contributed by atoms with Crippen LogP contribution in [0, 0.1) is 5.82 Å². The number of rotatable bonds is 9. The number of carbonyl (C=O) groups is 3. The topological polar surface area (TPSA) is 92.5 Å². The molecule has 0 aliphatic carbocycles. The number of nitrogens with zero attached hydrogens (tertiary/aromatic N) is 1. The van der Waals surface area contributed by atoms with Gasteiger partial charge in [-0.3, -0.25) is 9.69 Å². The van der Waals surface area contributed by atoms with E-state index in [0.29, 0.717) is 24.6 Å². The van der Waals surface area contributed by atoms with Crippen molar-refractivity contribution in [3.8, 4) is 0 Å². The van der Waals surface area contributed by atoms with Crippen LogP contribution in [0.3, 0.4) is 0 Å². The molecule has 0 fully saturated rings. The SMILES string of the molecule is CN(Cc1c(Cl)cc(CN)c(F)c1C=O)C(C=O)CCC=O.CNC. The summed E-state index contributed by atoms with van der Waals surface area (Å²) in [7, 11) is 5.39. The molecule has 1 aromatic carbocycles. The smallest absolute Gasteiger partial charge is 0.153 e. The van der Waals surface area contributed by atoms with E-state index < -0.39 is 11.9 Å². The number of hydrogen-bond donors (Lipinski definition) is 2. The molecule has 0 aliphatic rings. The molecule has 0 saturated heterocycles. The lowest BCUT2D eigenvalue weighted by atomic mass is 10.0. The van der Waals surface area contributed by atoms with Crippen molar-refractivity contribution < 1.29 is 18.8 Å². The molecule has 0 amide bonds. The lowest BCUT2D eigenvalue weighted by Gasteiger charge is -2.24. The quantitative estimate of drug-likeness (QED) is 0.638. The van der Waals surface area contributed by atoms with E-state index in [1.165, 1.54) is 6.07 Å². The molecule has 0 aliphatic heterocycles. The van der Waals surface area contributed by atoms with Crippen molar-refractivity contribution in [2.24, 2.45) is 5.73 Å². The summed E-state index contributed by atoms with van der Waals surface area (Å²) in [6.45, 7) is 0.0375. The number of benzene rings is 1. The van der Waals surface area contributed by atoms with Crippen molar-refractivity contribution in [1.82, 2.24) is 10.2 Å². The van der Waals surface area contributed by atoms with E-state index in [0.717, 1.165) is 6.29 Å². The third kappa shape index (κ3) is 6.99. The Morgan fingerprint density at radius 3 is 2.40 bits per heavy atom. The van der Waals surface area contributed by atoms with Crippen LogP contribution in [-0.2, 0) is 22.7 Å². The second kappa shape index (κ2) is 12.7. The first-order chi connectivity index (χ1) is 11.9. The van der Waals surface area contributed by atoms with Crippen LogP contribution in [-0.4, -0.2) is 50.9 Å². The number of hydrogen-bond acceptors (Lipinski definition) is 6. The Hall–Kier alpha value is -1.67. The van der Waals surface area contributed by atoms with Gasteiger partial charge in [-0.25, -0.2) is 4.39 Å². The van der Waals surface area contributed by atoms with Crippen LogP contribution in [0.4, 0.5) is 4.39 Å². The van der Waals surface area contributed by atoms with Gasteiger partial charge in [-0.1, -0.05) is 11.6 Å². The molecule has 1 rings (SSSR count). The van der Waals surface area contributed by atoms with E-state index in [2.05, 4.69) is 5.32 Å². The van der Waals surface area contributed by atoms with Gasteiger partial charge in [0.2, 0.25) is 0 Å². The van der Waals surface area contributed by atoms with Crippen molar-refractivity contribution >= 4 is 30.5 Å². The Morgan fingerprint density at radius 2 is 1.96 bits per heavy atom. The van der Waals surface area contributed by atoms with E-state index in [-0.39, 0.29) is 35.7 Å². The minimum atomic E-state index is -0.694. The Morgan fingerprint density at radius 1 is 1.36 bits per heavy atom. The van der Waals surface area contributed by atoms with Gasteiger partial charge >= 0.3 is 0 Å². The lowest BCUT2D eigenvalue weighted by Crippen LogP contribution is -2.33. The lowest BCUT2D eigenvalue weighted by molar-refractivity contribution is -0.113. The van der Waals surface area contributed by atoms with Gasteiger partial charge in [0.15, 0.2) is 6.29 Å². The number of likely N-dealkylation sites (N-methyl/N-ethyl adjacent to an activating group) is 1. The highest BCUT2D eigenvalue weighted by atomic mass is 35.5. The second-order valence-electron chi connectivity index (χ2n) is 5.41. The molecule has 1 unspecified atom stereocenters. The predicted octanol–water partition coefficient (Wildman–Crippen LogP) is 1.56. The second-order valence-corrected chi connectivity index (χ2v) is 5.82. The highest BCUT2D eigenvalue weighted by Crippen LogP contribution is 2.27. The average molecular weight is 374 g/mol. The van der Waals surface area contributed by atoms with E-state index in [9.17, 15) is 18.8 Å². The predicted molar refractivity (Wildman–Crippen MR) is 96.3 cm³/mol. The van der Waals surface area contributed by atoms with Crippen LogP contribution in [0.15, 0.2) is 6.07 Å². The van der Waals surface area contributed by atoms with Crippen molar-refractivity contribution in [1.29, 1.82) is 0 Å². The summed E-state index contributed by atoms with van der Waals surface area (Å²) in [5.74, 6) is -0.694. The van der Waals surface area contributed by atoms with Gasteiger partial charge in [0, 0.05) is 30.1 Å². The summed E-state index contributed by atoms with van der Waals surface area (Å²) < 4.78 is 14.1. The fourth-order valence-electron chi connectivity index (χ4n) is 2.17. The summed E-state index contributed by atoms with van der Waals surface area (Å²) in [6.07, 6.45) is 2.42. The Labute approximate surface area is 152 Å². The van der Waals surface area contributed by atoms with Gasteiger partial charge in [-0.05, 0) is 39.2 Å². The van der Waals surface area contributed by atoms with Crippen molar-refractivity contribution in [3.63, 3.8) is 0 Å². The van der Waals surface area contributed by atoms with Gasteiger partial charge in [-0.2, -0.15) is 0 Å². The molecule has 0 aromatic heterocycles. The number of carbonyl (C=O) groups excluding carboxylic acids is 3. The van der Waals surface area contributed by atoms with E-state index in [1.807, 2.05) is 14.1 Å². The van der Waals surface area contributed by atoms with E-state index >= 15 is 0 Å². The van der Waals surface area contributed by atoms with Gasteiger partial charge in [0.1, 0.15) is 18.4 Å². The summed E-state index contributed by atoms with van der Waals surface area (Å²) in [6, 6.07) is 0.868. The Balaban J connectivity index is 0.00000178. The monoisotopic (exact) mass is 373 g/mol. The highest BCUT2D eigenvalue weighted by molar-refractivity contribution is 6.31. The van der Waals surface area contributed by atoms with Crippen LogP contribution in [0.25, 0.3) is 0 Å². The maximum atomic E-state index is 14.1. The third-order valence-corrected chi connectivity index (χ3v) is 3.82. The first kappa shape index (κ1) is 23.3. The zero-order valence-corrected chi connectivity index (χ0v) is 15.5. The minimum absolute atomic E-state index is 0.0706. The molecule has 25 heavy (non-hydrogen) atoms. The standard InChI is InChI=1S/C15H18ClFN2O3.C2H7N/c1-19(11(8-21)3-2-4-20)7-12-13(9-22)15(17)10(6-18)5-14(12)16;1-3-2/h4-5,8-9,11H,2-3,6-7,18H2,1H3;3H,1-2H3. The molecule has 8 heteroatoms. The van der Waals surface area contributed by atoms with Gasteiger partial charge in [-0.15, -0.1) is 0 Å². The van der Waals surface area contributed by atoms with Crippen LogP contribution < -0.4 is 11.1 Å². The highest BCUT2D eigenvalue weighted by Gasteiger charge is 2.20. The maximum Gasteiger partial charge on any atom is 0.153 e. The van der Waals surface area contributed by atoms with Gasteiger partial charge < -0.3 is 20.6 Å². The van der Waals surface area contributed by atoms with Crippen LogP contribution in [0.2, 0.25) is 5.02 Å². The molecule has 3 N–H and O–H groups in total. The Kier molecular flexibility index (Phi) is 11.8. The zero-order valence-electron chi connectivity index (χ0n) is 14.7. The number of halogens is 2. The van der Waals surface area contributed by atoms with E-state index in [1.54, 1.807) is 11.9 Å². The molecule has 0 saturated carbocycles. The minimum Gasteiger partial charge on any atom is -0.326 e. The Bertz CT molecular complexity index is 585. The first-order valence-electron chi connectivity index (χ1n) is 7.74. The van der Waals surface area contributed by atoms with Crippen LogP contribution in [0.5, 0.6) is 0 Å². The van der Waals surface area contributed by atoms with Gasteiger partial charge in [0.05, 0.1) is 11.6 Å². The summed E-state index contributed by atoms with van der Waals surface area (Å²) in [5, 5.41) is 2.97. The van der Waals surface area contributed by atoms with Crippen LogP contribution >= 0.6 is 11.6 Å². The zero-order chi connectivity index (χ0) is 19.4. The number of aldehydes is 3. The van der Waals surface area contributed by atoms with Gasteiger partial charge in [0.25, 0.3) is 0 Å². The fourth-order valence-corrected chi connectivity index (χ4v) is 2.46. The van der Waals surface area contributed by atoms with Crippen molar-refractivity contribution in [3.05, 3.63) is 33.6 Å². The van der Waals surface area contributed by atoms with Crippen LogP contribution in [0.1, 0.15) is 34.3 Å². The molecular weight excluding hydrogens is 349 g/mol. The molecule has 1 atom stereocenters. The molecule has 140 valence electrons. The third-order valence-electron chi connectivity index (χ3n) is 3.48. The molecule has 0 bridgehead atoms. The fraction of sp³-hybridized carbons (Fsp3) is 0.471. The molecule has 1 aromatic rings. The molecule has 0 radical (unpaired) electrons. The number of nitrogens with one attached hydrogen (secondary N) is 1. The molecular formula is C17H25ClFN3O3. The molecule has 0 spiro atoms. The number of nitrogens with two attached hydrogens (primary N) is 1. The largest absolute Gasteiger partial charge is 0.326 e. The summed E-state index contributed by atoms with van der Waals surface area (Å²) in [5.41, 5.74) is 5.72. The summed E-state index contributed by atoms with van der Waals surface area (Å²) >= 11 is 6.11. The summed E-state index contributed by atoms with van der Waals surface area (Å²) in [4.78, 5) is 34.3.